The minimum Gasteiger partial charge on any atom is -0.387 e. The van der Waals surface area contributed by atoms with E-state index in [0.29, 0.717) is 12.1 Å². The van der Waals surface area contributed by atoms with Crippen molar-refractivity contribution in [3.05, 3.63) is 35.4 Å². The molecule has 0 saturated carbocycles. The molecule has 0 aliphatic heterocycles. The summed E-state index contributed by atoms with van der Waals surface area (Å²) in [4.78, 5) is 0. The first-order chi connectivity index (χ1) is 8.95. The van der Waals surface area contributed by atoms with Gasteiger partial charge in [-0.1, -0.05) is 12.1 Å². The number of aliphatic hydroxyl groups is 1. The highest BCUT2D eigenvalue weighted by Gasteiger charge is 2.30. The van der Waals surface area contributed by atoms with Crippen molar-refractivity contribution >= 4 is 11.8 Å². The van der Waals surface area contributed by atoms with E-state index >= 15 is 0 Å². The third-order valence-electron chi connectivity index (χ3n) is 2.66. The first kappa shape index (κ1) is 16.3. The first-order valence-electron chi connectivity index (χ1n) is 6.00. The number of aliphatic hydroxyl groups excluding tert-OH is 1. The van der Waals surface area contributed by atoms with Crippen molar-refractivity contribution in [2.45, 2.75) is 18.7 Å². The van der Waals surface area contributed by atoms with Crippen LogP contribution in [0.25, 0.3) is 0 Å². The smallest absolute Gasteiger partial charge is 0.387 e. The van der Waals surface area contributed by atoms with E-state index in [1.807, 2.05) is 6.26 Å². The molecular formula is C13H18F3NOS. The molecular weight excluding hydrogens is 275 g/mol. The molecule has 19 heavy (non-hydrogen) atoms. The predicted molar refractivity (Wildman–Crippen MR) is 72.3 cm³/mol. The molecule has 1 atom stereocenters. The molecule has 6 heteroatoms. The van der Waals surface area contributed by atoms with Gasteiger partial charge in [-0.3, -0.25) is 0 Å². The van der Waals surface area contributed by atoms with Gasteiger partial charge in [0.1, 0.15) is 0 Å². The number of thioether (sulfide) groups is 1. The second kappa shape index (κ2) is 7.77. The molecule has 0 aliphatic rings. The largest absolute Gasteiger partial charge is 0.416 e. The molecule has 0 radical (unpaired) electrons. The van der Waals surface area contributed by atoms with Gasteiger partial charge in [0, 0.05) is 6.54 Å². The van der Waals surface area contributed by atoms with E-state index in [9.17, 15) is 18.3 Å². The van der Waals surface area contributed by atoms with Gasteiger partial charge in [-0.25, -0.2) is 0 Å². The van der Waals surface area contributed by atoms with Crippen molar-refractivity contribution in [1.29, 1.82) is 0 Å². The Labute approximate surface area is 115 Å². The van der Waals surface area contributed by atoms with E-state index < -0.39 is 17.8 Å². The molecule has 0 aliphatic carbocycles. The molecule has 1 rings (SSSR count). The number of nitrogens with one attached hydrogen (secondary N) is 1. The Hall–Kier alpha value is -0.720. The van der Waals surface area contributed by atoms with E-state index in [4.69, 9.17) is 0 Å². The number of alkyl halides is 3. The summed E-state index contributed by atoms with van der Waals surface area (Å²) < 4.78 is 37.1. The zero-order chi connectivity index (χ0) is 14.3. The van der Waals surface area contributed by atoms with Crippen LogP contribution in [0, 0.1) is 0 Å². The lowest BCUT2D eigenvalue weighted by atomic mass is 10.1. The van der Waals surface area contributed by atoms with Crippen LogP contribution in [0.1, 0.15) is 23.7 Å². The zero-order valence-electron chi connectivity index (χ0n) is 10.7. The van der Waals surface area contributed by atoms with Gasteiger partial charge >= 0.3 is 6.18 Å². The van der Waals surface area contributed by atoms with Crippen LogP contribution < -0.4 is 5.32 Å². The fraction of sp³-hybridized carbons (Fsp3) is 0.538. The van der Waals surface area contributed by atoms with E-state index in [2.05, 4.69) is 5.32 Å². The summed E-state index contributed by atoms with van der Waals surface area (Å²) in [5, 5.41) is 12.9. The van der Waals surface area contributed by atoms with Crippen molar-refractivity contribution in [2.75, 3.05) is 25.1 Å². The molecule has 1 aromatic rings. The van der Waals surface area contributed by atoms with Crippen LogP contribution in [0.3, 0.4) is 0 Å². The summed E-state index contributed by atoms with van der Waals surface area (Å²) in [5.74, 6) is 1.05. The van der Waals surface area contributed by atoms with Gasteiger partial charge in [0.2, 0.25) is 0 Å². The fourth-order valence-electron chi connectivity index (χ4n) is 1.59. The van der Waals surface area contributed by atoms with Crippen molar-refractivity contribution in [2.24, 2.45) is 0 Å². The molecule has 0 fully saturated rings. The summed E-state index contributed by atoms with van der Waals surface area (Å²) in [6.07, 6.45) is -2.09. The molecule has 108 valence electrons. The average molecular weight is 293 g/mol. The highest BCUT2D eigenvalue weighted by molar-refractivity contribution is 7.98. The fourth-order valence-corrected chi connectivity index (χ4v) is 2.03. The maximum atomic E-state index is 12.4. The van der Waals surface area contributed by atoms with Crippen LogP contribution in [0.15, 0.2) is 24.3 Å². The van der Waals surface area contributed by atoms with E-state index in [1.54, 1.807) is 11.8 Å². The Kier molecular flexibility index (Phi) is 6.68. The number of hydrogen-bond acceptors (Lipinski definition) is 3. The molecule has 2 nitrogen and oxygen atoms in total. The maximum absolute atomic E-state index is 12.4. The van der Waals surface area contributed by atoms with Crippen LogP contribution >= 0.6 is 11.8 Å². The van der Waals surface area contributed by atoms with E-state index in [0.717, 1.165) is 30.9 Å². The predicted octanol–water partition coefficient (Wildman–Crippen LogP) is 3.08. The Morgan fingerprint density at radius 2 is 1.89 bits per heavy atom. The number of benzene rings is 1. The van der Waals surface area contributed by atoms with Gasteiger partial charge in [0.25, 0.3) is 0 Å². The van der Waals surface area contributed by atoms with E-state index in [1.165, 1.54) is 12.1 Å². The zero-order valence-corrected chi connectivity index (χ0v) is 11.5. The molecule has 0 heterocycles. The molecule has 1 aromatic carbocycles. The summed E-state index contributed by atoms with van der Waals surface area (Å²) in [7, 11) is 0. The standard InChI is InChI=1S/C13H18F3NOS/c1-19-8-2-7-17-9-12(18)10-3-5-11(6-4-10)13(14,15)16/h3-6,12,17-18H,2,7-9H2,1H3. The molecule has 0 saturated heterocycles. The van der Waals surface area contributed by atoms with E-state index in [-0.39, 0.29) is 0 Å². The first-order valence-corrected chi connectivity index (χ1v) is 7.39. The molecule has 1 unspecified atom stereocenters. The van der Waals surface area contributed by atoms with Crippen LogP contribution in [-0.2, 0) is 6.18 Å². The molecule has 0 aromatic heterocycles. The molecule has 0 bridgehead atoms. The number of rotatable bonds is 7. The molecule has 0 amide bonds. The second-order valence-electron chi connectivity index (χ2n) is 4.19. The summed E-state index contributed by atoms with van der Waals surface area (Å²) in [6, 6.07) is 4.62. The van der Waals surface area contributed by atoms with Gasteiger partial charge in [-0.15, -0.1) is 0 Å². The molecule has 0 spiro atoms. The van der Waals surface area contributed by atoms with Crippen molar-refractivity contribution in [3.8, 4) is 0 Å². The minimum atomic E-state index is -4.33. The van der Waals surface area contributed by atoms with Gasteiger partial charge < -0.3 is 10.4 Å². The van der Waals surface area contributed by atoms with Crippen molar-refractivity contribution in [1.82, 2.24) is 5.32 Å². The molecule has 2 N–H and O–H groups in total. The van der Waals surface area contributed by atoms with Gasteiger partial charge in [-0.2, -0.15) is 24.9 Å². The highest BCUT2D eigenvalue weighted by Crippen LogP contribution is 2.29. The average Bonchev–Trinajstić information content (AvgIpc) is 2.37. The number of hydrogen-bond donors (Lipinski definition) is 2. The lowest BCUT2D eigenvalue weighted by molar-refractivity contribution is -0.137. The van der Waals surface area contributed by atoms with Crippen LogP contribution in [0.5, 0.6) is 0 Å². The lowest BCUT2D eigenvalue weighted by Crippen LogP contribution is -2.23. The second-order valence-corrected chi connectivity index (χ2v) is 5.17. The van der Waals surface area contributed by atoms with Crippen molar-refractivity contribution < 1.29 is 18.3 Å². The summed E-state index contributed by atoms with van der Waals surface area (Å²) in [6.45, 7) is 1.14. The quantitative estimate of drug-likeness (QED) is 0.758. The maximum Gasteiger partial charge on any atom is 0.416 e. The summed E-state index contributed by atoms with van der Waals surface area (Å²) in [5.41, 5.74) is -0.207. The Balaban J connectivity index is 2.42. The highest BCUT2D eigenvalue weighted by atomic mass is 32.2. The minimum absolute atomic E-state index is 0.347. The van der Waals surface area contributed by atoms with Crippen LogP contribution in [0.4, 0.5) is 13.2 Å². The van der Waals surface area contributed by atoms with Crippen molar-refractivity contribution in [3.63, 3.8) is 0 Å². The lowest BCUT2D eigenvalue weighted by Gasteiger charge is -2.13. The Morgan fingerprint density at radius 3 is 2.42 bits per heavy atom. The van der Waals surface area contributed by atoms with Gasteiger partial charge in [0.15, 0.2) is 0 Å². The van der Waals surface area contributed by atoms with Crippen LogP contribution in [-0.4, -0.2) is 30.2 Å². The Morgan fingerprint density at radius 1 is 1.26 bits per heavy atom. The van der Waals surface area contributed by atoms with Crippen LogP contribution in [0.2, 0.25) is 0 Å². The third-order valence-corrected chi connectivity index (χ3v) is 3.36. The SMILES string of the molecule is CSCCCNCC(O)c1ccc(C(F)(F)F)cc1. The van der Waals surface area contributed by atoms with Gasteiger partial charge in [0.05, 0.1) is 11.7 Å². The third kappa shape index (κ3) is 5.84. The summed E-state index contributed by atoms with van der Waals surface area (Å²) >= 11 is 1.75. The topological polar surface area (TPSA) is 32.3 Å². The number of halogens is 3. The normalized spacial score (nSPS) is 13.5. The van der Waals surface area contributed by atoms with Gasteiger partial charge in [-0.05, 0) is 42.7 Å². The monoisotopic (exact) mass is 293 g/mol. The Bertz CT molecular complexity index is 367.